The van der Waals surface area contributed by atoms with Crippen LogP contribution in [0.3, 0.4) is 0 Å². The Balaban J connectivity index is 1.84. The maximum Gasteiger partial charge on any atom is 0.417 e. The van der Waals surface area contributed by atoms with Crippen molar-refractivity contribution in [3.63, 3.8) is 0 Å². The van der Waals surface area contributed by atoms with E-state index in [2.05, 4.69) is 5.32 Å². The normalized spacial score (nSPS) is 14.6. The molecule has 30 heavy (non-hydrogen) atoms. The van der Waals surface area contributed by atoms with Crippen LogP contribution in [0.4, 0.5) is 18.9 Å². The second-order valence-electron chi connectivity index (χ2n) is 6.08. The predicted molar refractivity (Wildman–Crippen MR) is 100 cm³/mol. The van der Waals surface area contributed by atoms with Gasteiger partial charge in [-0.05, 0) is 18.2 Å². The molecule has 2 aromatic carbocycles. The largest absolute Gasteiger partial charge is 0.493 e. The lowest BCUT2D eigenvalue weighted by Gasteiger charge is -2.20. The molecule has 158 valence electrons. The number of carbonyl (C=O) groups excluding carboxylic acids is 2. The number of alkyl halides is 3. The van der Waals surface area contributed by atoms with Gasteiger partial charge in [0.2, 0.25) is 11.9 Å². The topological polar surface area (TPSA) is 73.9 Å². The van der Waals surface area contributed by atoms with E-state index in [9.17, 15) is 22.8 Å². The van der Waals surface area contributed by atoms with Crippen LogP contribution in [0.1, 0.15) is 17.2 Å². The third kappa shape index (κ3) is 5.24. The molecule has 6 nitrogen and oxygen atoms in total. The molecule has 0 unspecified atom stereocenters. The zero-order chi connectivity index (χ0) is 21.7. The lowest BCUT2D eigenvalue weighted by atomic mass is 10.1. The quantitative estimate of drug-likeness (QED) is 0.693. The van der Waals surface area contributed by atoms with Gasteiger partial charge in [-0.1, -0.05) is 41.9 Å². The van der Waals surface area contributed by atoms with E-state index in [-0.39, 0.29) is 24.7 Å². The van der Waals surface area contributed by atoms with Gasteiger partial charge in [-0.15, -0.1) is 0 Å². The summed E-state index contributed by atoms with van der Waals surface area (Å²) in [5.41, 5.74) is -0.955. The molecule has 0 aliphatic carbocycles. The molecule has 0 aromatic heterocycles. The maximum absolute atomic E-state index is 13.1. The molecular weight excluding hydrogens is 427 g/mol. The lowest BCUT2D eigenvalue weighted by Crippen LogP contribution is -2.28. The Morgan fingerprint density at radius 1 is 1.10 bits per heavy atom. The molecule has 1 atom stereocenters. The van der Waals surface area contributed by atoms with Gasteiger partial charge < -0.3 is 19.5 Å². The fourth-order valence-electron chi connectivity index (χ4n) is 2.57. The Bertz CT molecular complexity index is 963. The van der Waals surface area contributed by atoms with Crippen LogP contribution in [0, 0.1) is 0 Å². The number of rotatable bonds is 5. The molecule has 0 spiro atoms. The molecule has 0 saturated heterocycles. The molecule has 0 bridgehead atoms. The smallest absolute Gasteiger partial charge is 0.417 e. The molecule has 0 radical (unpaired) electrons. The van der Waals surface area contributed by atoms with Gasteiger partial charge in [0.15, 0.2) is 0 Å². The second-order valence-corrected chi connectivity index (χ2v) is 6.49. The molecule has 0 saturated carbocycles. The number of benzene rings is 2. The van der Waals surface area contributed by atoms with Crippen LogP contribution >= 0.6 is 11.6 Å². The monoisotopic (exact) mass is 441 g/mol. The Labute approximate surface area is 174 Å². The first kappa shape index (κ1) is 21.5. The molecule has 1 aliphatic rings. The van der Waals surface area contributed by atoms with E-state index in [1.807, 2.05) is 0 Å². The van der Waals surface area contributed by atoms with Crippen LogP contribution < -0.4 is 5.32 Å². The van der Waals surface area contributed by atoms with Crippen molar-refractivity contribution >= 4 is 29.2 Å². The van der Waals surface area contributed by atoms with Crippen molar-refractivity contribution in [1.29, 1.82) is 0 Å². The summed E-state index contributed by atoms with van der Waals surface area (Å²) in [7, 11) is 0. The summed E-state index contributed by atoms with van der Waals surface area (Å²) in [4.78, 5) is 25.1. The fraction of sp³-hybridized carbons (Fsp3) is 0.200. The van der Waals surface area contributed by atoms with Gasteiger partial charge in [0, 0.05) is 11.3 Å². The van der Waals surface area contributed by atoms with Crippen molar-refractivity contribution < 1.29 is 37.0 Å². The zero-order valence-electron chi connectivity index (χ0n) is 15.2. The van der Waals surface area contributed by atoms with E-state index in [0.717, 1.165) is 12.3 Å². The summed E-state index contributed by atoms with van der Waals surface area (Å²) in [5, 5.41) is 1.82. The summed E-state index contributed by atoms with van der Waals surface area (Å²) in [5.74, 6) is -2.03. The van der Waals surface area contributed by atoms with E-state index < -0.39 is 34.7 Å². The van der Waals surface area contributed by atoms with Crippen molar-refractivity contribution in [3.05, 3.63) is 76.7 Å². The third-order valence-corrected chi connectivity index (χ3v) is 4.28. The first-order chi connectivity index (χ1) is 14.3. The number of hydrogen-bond donors (Lipinski definition) is 1. The molecular formula is C20H15ClF3NO5. The van der Waals surface area contributed by atoms with Crippen LogP contribution in [0.25, 0.3) is 0 Å². The lowest BCUT2D eigenvalue weighted by molar-refractivity contribution is -0.155. The SMILES string of the molecule is O=C(O[C@H](C(=O)Nc1ccc(Cl)c(C(F)(F)F)c1)c1ccccc1)C1=COCCO1. The first-order valence-corrected chi connectivity index (χ1v) is 9.01. The Morgan fingerprint density at radius 3 is 2.47 bits per heavy atom. The Morgan fingerprint density at radius 2 is 1.83 bits per heavy atom. The number of carbonyl (C=O) groups is 2. The minimum absolute atomic E-state index is 0.133. The summed E-state index contributed by atoms with van der Waals surface area (Å²) in [6.45, 7) is 0.394. The summed E-state index contributed by atoms with van der Waals surface area (Å²) < 4.78 is 54.6. The van der Waals surface area contributed by atoms with Crippen molar-refractivity contribution in [3.8, 4) is 0 Å². The molecule has 0 fully saturated rings. The van der Waals surface area contributed by atoms with Crippen LogP contribution in [0.5, 0.6) is 0 Å². The van der Waals surface area contributed by atoms with Gasteiger partial charge >= 0.3 is 12.1 Å². The number of esters is 1. The van der Waals surface area contributed by atoms with E-state index in [4.69, 9.17) is 25.8 Å². The van der Waals surface area contributed by atoms with E-state index in [1.54, 1.807) is 18.2 Å². The standard InChI is InChI=1S/C20H15ClF3NO5/c21-15-7-6-13(10-14(15)20(22,23)24)25-18(26)17(12-4-2-1-3-5-12)30-19(27)16-11-28-8-9-29-16/h1-7,10-11,17H,8-9H2,(H,25,26)/t17-/m0/s1. The van der Waals surface area contributed by atoms with Gasteiger partial charge in [0.05, 0.1) is 10.6 Å². The van der Waals surface area contributed by atoms with Gasteiger partial charge in [0.1, 0.15) is 19.5 Å². The second kappa shape index (κ2) is 9.08. The molecule has 1 aliphatic heterocycles. The van der Waals surface area contributed by atoms with Crippen LogP contribution in [-0.4, -0.2) is 25.1 Å². The van der Waals surface area contributed by atoms with Crippen molar-refractivity contribution in [1.82, 2.24) is 0 Å². The number of amides is 1. The number of ether oxygens (including phenoxy) is 3. The minimum atomic E-state index is -4.70. The summed E-state index contributed by atoms with van der Waals surface area (Å²) >= 11 is 5.60. The maximum atomic E-state index is 13.1. The van der Waals surface area contributed by atoms with Crippen molar-refractivity contribution in [2.24, 2.45) is 0 Å². The first-order valence-electron chi connectivity index (χ1n) is 8.64. The van der Waals surface area contributed by atoms with E-state index >= 15 is 0 Å². The van der Waals surface area contributed by atoms with Crippen LogP contribution in [0.2, 0.25) is 5.02 Å². The summed E-state index contributed by atoms with van der Waals surface area (Å²) in [6, 6.07) is 10.9. The van der Waals surface area contributed by atoms with Crippen LogP contribution in [0.15, 0.2) is 60.6 Å². The average Bonchev–Trinajstić information content (AvgIpc) is 2.73. The highest BCUT2D eigenvalue weighted by Gasteiger charge is 2.34. The fourth-order valence-corrected chi connectivity index (χ4v) is 2.79. The Kier molecular flexibility index (Phi) is 6.51. The minimum Gasteiger partial charge on any atom is -0.493 e. The molecule has 10 heteroatoms. The van der Waals surface area contributed by atoms with Gasteiger partial charge in [-0.25, -0.2) is 4.79 Å². The highest BCUT2D eigenvalue weighted by atomic mass is 35.5. The molecule has 2 aromatic rings. The van der Waals surface area contributed by atoms with Crippen LogP contribution in [-0.2, 0) is 30.0 Å². The van der Waals surface area contributed by atoms with E-state index in [1.165, 1.54) is 18.2 Å². The molecule has 1 amide bonds. The number of hydrogen-bond acceptors (Lipinski definition) is 5. The molecule has 1 heterocycles. The van der Waals surface area contributed by atoms with Gasteiger partial charge in [-0.3, -0.25) is 4.79 Å². The number of halogens is 4. The molecule has 1 N–H and O–H groups in total. The summed E-state index contributed by atoms with van der Waals surface area (Å²) in [6.07, 6.45) is -5.08. The molecule has 3 rings (SSSR count). The third-order valence-electron chi connectivity index (χ3n) is 3.95. The number of nitrogens with one attached hydrogen (secondary N) is 1. The number of anilines is 1. The van der Waals surface area contributed by atoms with Crippen molar-refractivity contribution in [2.45, 2.75) is 12.3 Å². The van der Waals surface area contributed by atoms with Gasteiger partial charge in [0.25, 0.3) is 5.91 Å². The predicted octanol–water partition coefficient (Wildman–Crippen LogP) is 4.47. The Hall–Kier alpha value is -3.20. The highest BCUT2D eigenvalue weighted by molar-refractivity contribution is 6.31. The highest BCUT2D eigenvalue weighted by Crippen LogP contribution is 2.36. The van der Waals surface area contributed by atoms with Gasteiger partial charge in [-0.2, -0.15) is 13.2 Å². The zero-order valence-corrected chi connectivity index (χ0v) is 16.0. The van der Waals surface area contributed by atoms with E-state index in [0.29, 0.717) is 11.6 Å². The average molecular weight is 442 g/mol. The van der Waals surface area contributed by atoms with Crippen molar-refractivity contribution in [2.75, 3.05) is 18.5 Å².